The van der Waals surface area contributed by atoms with Gasteiger partial charge < -0.3 is 15.2 Å². The van der Waals surface area contributed by atoms with Crippen molar-refractivity contribution in [2.75, 3.05) is 13.6 Å². The molecule has 1 aromatic heterocycles. The summed E-state index contributed by atoms with van der Waals surface area (Å²) >= 11 is 0. The average Bonchev–Trinajstić information content (AvgIpc) is 3.36. The molecular formula is C23H27FIN5. The van der Waals surface area contributed by atoms with Gasteiger partial charge in [0.2, 0.25) is 0 Å². The molecule has 4 rings (SSSR count). The molecule has 1 saturated carbocycles. The van der Waals surface area contributed by atoms with E-state index in [0.29, 0.717) is 6.54 Å². The van der Waals surface area contributed by atoms with Crippen LogP contribution in [-0.4, -0.2) is 29.1 Å². The van der Waals surface area contributed by atoms with Crippen molar-refractivity contribution in [1.82, 2.24) is 20.2 Å². The Bertz CT molecular complexity index is 983. The zero-order valence-corrected chi connectivity index (χ0v) is 19.3. The van der Waals surface area contributed by atoms with E-state index in [-0.39, 0.29) is 35.2 Å². The van der Waals surface area contributed by atoms with Crippen molar-refractivity contribution >= 4 is 29.9 Å². The highest BCUT2D eigenvalue weighted by molar-refractivity contribution is 14.0. The molecule has 2 N–H and O–H groups in total. The zero-order valence-electron chi connectivity index (χ0n) is 17.0. The minimum atomic E-state index is -0.174. The van der Waals surface area contributed by atoms with Gasteiger partial charge in [-0.2, -0.15) is 0 Å². The molecule has 0 spiro atoms. The number of guanidine groups is 1. The van der Waals surface area contributed by atoms with E-state index >= 15 is 0 Å². The first-order valence-electron chi connectivity index (χ1n) is 9.91. The second kappa shape index (κ2) is 10.1. The van der Waals surface area contributed by atoms with Gasteiger partial charge >= 0.3 is 0 Å². The number of hydrogen-bond acceptors (Lipinski definition) is 2. The Morgan fingerprint density at radius 3 is 2.63 bits per heavy atom. The Morgan fingerprint density at radius 1 is 1.13 bits per heavy atom. The fourth-order valence-electron chi connectivity index (χ4n) is 3.63. The predicted molar refractivity (Wildman–Crippen MR) is 129 cm³/mol. The number of imidazole rings is 1. The van der Waals surface area contributed by atoms with Crippen LogP contribution in [0.2, 0.25) is 0 Å². The summed E-state index contributed by atoms with van der Waals surface area (Å²) in [5.41, 5.74) is 3.50. The maximum atomic E-state index is 13.6. The summed E-state index contributed by atoms with van der Waals surface area (Å²) < 4.78 is 15.6. The quantitative estimate of drug-likeness (QED) is 0.281. The van der Waals surface area contributed by atoms with Gasteiger partial charge in [-0.25, -0.2) is 9.37 Å². The molecule has 0 unspecified atom stereocenters. The van der Waals surface area contributed by atoms with E-state index in [1.807, 2.05) is 18.6 Å². The third-order valence-corrected chi connectivity index (χ3v) is 5.48. The predicted octanol–water partition coefficient (Wildman–Crippen LogP) is 4.09. The first-order chi connectivity index (χ1) is 14.2. The van der Waals surface area contributed by atoms with Crippen LogP contribution in [0.1, 0.15) is 29.5 Å². The number of aromatic nitrogens is 2. The van der Waals surface area contributed by atoms with E-state index in [4.69, 9.17) is 0 Å². The number of nitrogens with one attached hydrogen (secondary N) is 2. The molecule has 0 saturated heterocycles. The normalized spacial score (nSPS) is 14.7. The van der Waals surface area contributed by atoms with Crippen molar-refractivity contribution < 1.29 is 4.39 Å². The SMILES string of the molecule is CN=C(NCc1cccc(Cn2ccnc2)c1)NCC1(c2cccc(F)c2)CC1.I. The van der Waals surface area contributed by atoms with Gasteiger partial charge in [-0.05, 0) is 41.7 Å². The molecule has 1 aliphatic rings. The molecule has 0 radical (unpaired) electrons. The standard InChI is InChI=1S/C23H26FN5.HI/c1-25-22(28-16-23(8-9-23)20-6-3-7-21(24)13-20)27-14-18-4-2-5-19(12-18)15-29-11-10-26-17-29;/h2-7,10-13,17H,8-9,14-16H2,1H3,(H2,25,27,28);1H. The maximum absolute atomic E-state index is 13.6. The first kappa shape index (κ1) is 22.3. The molecule has 1 fully saturated rings. The lowest BCUT2D eigenvalue weighted by molar-refractivity contribution is 0.607. The van der Waals surface area contributed by atoms with Gasteiger partial charge in [0.1, 0.15) is 5.82 Å². The van der Waals surface area contributed by atoms with Crippen molar-refractivity contribution in [1.29, 1.82) is 0 Å². The van der Waals surface area contributed by atoms with Crippen LogP contribution in [0.4, 0.5) is 4.39 Å². The lowest BCUT2D eigenvalue weighted by atomic mass is 9.96. The summed E-state index contributed by atoms with van der Waals surface area (Å²) in [4.78, 5) is 8.43. The number of benzene rings is 2. The van der Waals surface area contributed by atoms with Crippen molar-refractivity contribution in [2.45, 2.75) is 31.3 Å². The summed E-state index contributed by atoms with van der Waals surface area (Å²) in [6.07, 6.45) is 7.71. The van der Waals surface area contributed by atoms with Crippen LogP contribution in [-0.2, 0) is 18.5 Å². The summed E-state index contributed by atoms with van der Waals surface area (Å²) in [6.45, 7) is 2.23. The minimum Gasteiger partial charge on any atom is -0.356 e. The first-order valence-corrected chi connectivity index (χ1v) is 9.91. The smallest absolute Gasteiger partial charge is 0.191 e. The van der Waals surface area contributed by atoms with Crippen molar-refractivity contribution in [2.24, 2.45) is 4.99 Å². The highest BCUT2D eigenvalue weighted by Gasteiger charge is 2.44. The maximum Gasteiger partial charge on any atom is 0.191 e. The molecule has 30 heavy (non-hydrogen) atoms. The molecule has 0 aliphatic heterocycles. The lowest BCUT2D eigenvalue weighted by Gasteiger charge is -2.19. The van der Waals surface area contributed by atoms with Gasteiger partial charge in [-0.15, -0.1) is 24.0 Å². The van der Waals surface area contributed by atoms with Gasteiger partial charge in [0.15, 0.2) is 5.96 Å². The molecule has 0 atom stereocenters. The number of hydrogen-bond donors (Lipinski definition) is 2. The molecule has 0 bridgehead atoms. The second-order valence-electron chi connectivity index (χ2n) is 7.62. The van der Waals surface area contributed by atoms with Crippen LogP contribution in [0.15, 0.2) is 72.2 Å². The lowest BCUT2D eigenvalue weighted by Crippen LogP contribution is -2.40. The van der Waals surface area contributed by atoms with Crippen molar-refractivity contribution in [3.8, 4) is 0 Å². The van der Waals surface area contributed by atoms with E-state index < -0.39 is 0 Å². The van der Waals surface area contributed by atoms with Crippen molar-refractivity contribution in [3.05, 3.63) is 89.8 Å². The van der Waals surface area contributed by atoms with E-state index in [9.17, 15) is 4.39 Å². The molecule has 158 valence electrons. The summed E-state index contributed by atoms with van der Waals surface area (Å²) in [7, 11) is 1.77. The molecule has 1 heterocycles. The van der Waals surface area contributed by atoms with Crippen LogP contribution in [0.5, 0.6) is 0 Å². The summed E-state index contributed by atoms with van der Waals surface area (Å²) in [6, 6.07) is 15.4. The van der Waals surface area contributed by atoms with Gasteiger partial charge in [0.05, 0.1) is 6.33 Å². The minimum absolute atomic E-state index is 0. The van der Waals surface area contributed by atoms with E-state index in [2.05, 4.69) is 49.4 Å². The number of nitrogens with zero attached hydrogens (tertiary/aromatic N) is 3. The third-order valence-electron chi connectivity index (χ3n) is 5.48. The van der Waals surface area contributed by atoms with Crippen LogP contribution in [0, 0.1) is 5.82 Å². The molecule has 2 aromatic carbocycles. The Hall–Kier alpha value is -2.42. The fourth-order valence-corrected chi connectivity index (χ4v) is 3.63. The third kappa shape index (κ3) is 5.59. The highest BCUT2D eigenvalue weighted by Crippen LogP contribution is 2.47. The van der Waals surface area contributed by atoms with E-state index in [0.717, 1.165) is 37.5 Å². The Morgan fingerprint density at radius 2 is 1.93 bits per heavy atom. The molecule has 3 aromatic rings. The van der Waals surface area contributed by atoms with Crippen LogP contribution >= 0.6 is 24.0 Å². The van der Waals surface area contributed by atoms with Gasteiger partial charge in [0.25, 0.3) is 0 Å². The van der Waals surface area contributed by atoms with Crippen LogP contribution in [0.25, 0.3) is 0 Å². The molecule has 7 heteroatoms. The number of rotatable bonds is 7. The summed E-state index contributed by atoms with van der Waals surface area (Å²) in [5.74, 6) is 0.583. The Labute approximate surface area is 193 Å². The zero-order chi connectivity index (χ0) is 20.1. The highest BCUT2D eigenvalue weighted by atomic mass is 127. The van der Waals surface area contributed by atoms with E-state index in [1.54, 1.807) is 25.4 Å². The van der Waals surface area contributed by atoms with Gasteiger partial charge in [-0.1, -0.05) is 36.4 Å². The molecule has 0 amide bonds. The van der Waals surface area contributed by atoms with Crippen LogP contribution < -0.4 is 10.6 Å². The number of halogens is 2. The van der Waals surface area contributed by atoms with Crippen molar-refractivity contribution in [3.63, 3.8) is 0 Å². The molecule has 1 aliphatic carbocycles. The molecule has 5 nitrogen and oxygen atoms in total. The fraction of sp³-hybridized carbons (Fsp3) is 0.304. The second-order valence-corrected chi connectivity index (χ2v) is 7.62. The largest absolute Gasteiger partial charge is 0.356 e. The van der Waals surface area contributed by atoms with Gasteiger partial charge in [-0.3, -0.25) is 4.99 Å². The Balaban J connectivity index is 0.00000256. The summed E-state index contributed by atoms with van der Waals surface area (Å²) in [5, 5.41) is 6.80. The monoisotopic (exact) mass is 519 g/mol. The molecular weight excluding hydrogens is 492 g/mol. The van der Waals surface area contributed by atoms with E-state index in [1.165, 1.54) is 17.2 Å². The van der Waals surface area contributed by atoms with Crippen LogP contribution in [0.3, 0.4) is 0 Å². The van der Waals surface area contributed by atoms with Gasteiger partial charge in [0, 0.05) is 44.5 Å². The Kier molecular flexibility index (Phi) is 7.47. The average molecular weight is 519 g/mol. The number of aliphatic imine (C=N–C) groups is 1. The topological polar surface area (TPSA) is 54.2 Å².